The SMILES string of the molecule is CC1CC(C)(C)[N+](C)(CCC(C(=O)N(C)C)(c2ccccc2)c2ccccc2)C1.[Br-]. The van der Waals surface area contributed by atoms with Crippen LogP contribution in [0.4, 0.5) is 0 Å². The van der Waals surface area contributed by atoms with Crippen molar-refractivity contribution in [2.24, 2.45) is 5.92 Å². The smallest absolute Gasteiger partial charge is 0.237 e. The molecule has 3 nitrogen and oxygen atoms in total. The summed E-state index contributed by atoms with van der Waals surface area (Å²) in [6.07, 6.45) is 2.03. The van der Waals surface area contributed by atoms with Gasteiger partial charge in [0, 0.05) is 32.9 Å². The summed E-state index contributed by atoms with van der Waals surface area (Å²) in [5.41, 5.74) is 1.72. The van der Waals surface area contributed by atoms with Gasteiger partial charge in [0.15, 0.2) is 0 Å². The summed E-state index contributed by atoms with van der Waals surface area (Å²) in [5, 5.41) is 0. The summed E-state index contributed by atoms with van der Waals surface area (Å²) in [5.74, 6) is 0.869. The molecule has 1 heterocycles. The van der Waals surface area contributed by atoms with Crippen LogP contribution in [-0.2, 0) is 10.2 Å². The summed E-state index contributed by atoms with van der Waals surface area (Å²) in [6, 6.07) is 20.7. The maximum atomic E-state index is 13.8. The highest BCUT2D eigenvalue weighted by molar-refractivity contribution is 5.91. The predicted octanol–water partition coefficient (Wildman–Crippen LogP) is 1.72. The number of carbonyl (C=O) groups excluding carboxylic acids is 1. The summed E-state index contributed by atoms with van der Waals surface area (Å²) >= 11 is 0. The number of carbonyl (C=O) groups is 1. The molecule has 1 amide bonds. The molecule has 0 bridgehead atoms. The second-order valence-electron chi connectivity index (χ2n) is 10.0. The minimum Gasteiger partial charge on any atom is -1.00 e. The molecule has 3 rings (SSSR count). The minimum atomic E-state index is -0.671. The molecule has 1 aliphatic heterocycles. The molecule has 2 atom stereocenters. The summed E-state index contributed by atoms with van der Waals surface area (Å²) in [7, 11) is 6.13. The molecule has 0 N–H and O–H groups in total. The molecule has 0 aromatic heterocycles. The Hall–Kier alpha value is -1.65. The fourth-order valence-corrected chi connectivity index (χ4v) is 5.52. The molecule has 1 saturated heterocycles. The van der Waals surface area contributed by atoms with E-state index in [9.17, 15) is 4.79 Å². The van der Waals surface area contributed by atoms with Gasteiger partial charge in [0.05, 0.1) is 25.7 Å². The van der Waals surface area contributed by atoms with Crippen molar-refractivity contribution in [2.45, 2.75) is 44.6 Å². The average molecular weight is 473 g/mol. The zero-order valence-corrected chi connectivity index (χ0v) is 20.9. The van der Waals surface area contributed by atoms with Gasteiger partial charge >= 0.3 is 0 Å². The maximum Gasteiger partial charge on any atom is 0.237 e. The number of amides is 1. The average Bonchev–Trinajstić information content (AvgIpc) is 2.90. The number of likely N-dealkylation sites (tertiary alicyclic amines) is 1. The second kappa shape index (κ2) is 9.23. The molecular weight excluding hydrogens is 436 g/mol. The van der Waals surface area contributed by atoms with E-state index >= 15 is 0 Å². The van der Waals surface area contributed by atoms with E-state index in [-0.39, 0.29) is 28.4 Å². The van der Waals surface area contributed by atoms with Crippen LogP contribution in [0.5, 0.6) is 0 Å². The van der Waals surface area contributed by atoms with E-state index < -0.39 is 5.41 Å². The third-order valence-corrected chi connectivity index (χ3v) is 7.31. The van der Waals surface area contributed by atoms with Gasteiger partial charge in [-0.1, -0.05) is 67.6 Å². The van der Waals surface area contributed by atoms with Gasteiger partial charge in [-0.3, -0.25) is 4.79 Å². The molecule has 2 unspecified atom stereocenters. The van der Waals surface area contributed by atoms with Crippen LogP contribution in [0.25, 0.3) is 0 Å². The summed E-state index contributed by atoms with van der Waals surface area (Å²) < 4.78 is 1.01. The van der Waals surface area contributed by atoms with Gasteiger partial charge in [-0.15, -0.1) is 0 Å². The highest BCUT2D eigenvalue weighted by Crippen LogP contribution is 2.43. The van der Waals surface area contributed by atoms with E-state index in [1.54, 1.807) is 4.90 Å². The van der Waals surface area contributed by atoms with E-state index in [0.29, 0.717) is 5.92 Å². The van der Waals surface area contributed by atoms with Gasteiger partial charge in [0.2, 0.25) is 5.91 Å². The van der Waals surface area contributed by atoms with Gasteiger partial charge in [0.25, 0.3) is 0 Å². The van der Waals surface area contributed by atoms with Crippen LogP contribution >= 0.6 is 0 Å². The van der Waals surface area contributed by atoms with Crippen molar-refractivity contribution in [2.75, 3.05) is 34.2 Å². The van der Waals surface area contributed by atoms with Crippen molar-refractivity contribution in [3.63, 3.8) is 0 Å². The van der Waals surface area contributed by atoms with E-state index in [4.69, 9.17) is 0 Å². The number of likely N-dealkylation sites (N-methyl/N-ethyl adjacent to an activating group) is 1. The lowest BCUT2D eigenvalue weighted by atomic mass is 9.70. The molecule has 0 saturated carbocycles. The molecule has 164 valence electrons. The number of hydrogen-bond donors (Lipinski definition) is 0. The number of benzene rings is 2. The van der Waals surface area contributed by atoms with E-state index in [1.165, 1.54) is 13.0 Å². The van der Waals surface area contributed by atoms with Crippen molar-refractivity contribution < 1.29 is 26.3 Å². The van der Waals surface area contributed by atoms with Gasteiger partial charge in [-0.2, -0.15) is 0 Å². The lowest BCUT2D eigenvalue weighted by molar-refractivity contribution is -0.944. The van der Waals surface area contributed by atoms with E-state index in [2.05, 4.69) is 52.1 Å². The number of hydrogen-bond acceptors (Lipinski definition) is 1. The fraction of sp³-hybridized carbons (Fsp3) is 0.500. The Morgan fingerprint density at radius 1 is 1.03 bits per heavy atom. The molecule has 4 heteroatoms. The molecule has 2 aromatic rings. The van der Waals surface area contributed by atoms with Crippen LogP contribution in [0.3, 0.4) is 0 Å². The van der Waals surface area contributed by atoms with Crippen molar-refractivity contribution in [1.29, 1.82) is 0 Å². The standard InChI is InChI=1S/C26H37N2O.BrH/c1-21-19-25(2,3)28(6,20-21)18-17-26(24(29)27(4)5,22-13-9-7-10-14-22)23-15-11-8-12-16-23;/h7-16,21H,17-20H2,1-6H3;1H/q+1;/p-1. The fourth-order valence-electron chi connectivity index (χ4n) is 5.52. The number of halogens is 1. The van der Waals surface area contributed by atoms with Crippen LogP contribution in [0.1, 0.15) is 44.7 Å². The predicted molar refractivity (Wildman–Crippen MR) is 121 cm³/mol. The van der Waals surface area contributed by atoms with Crippen molar-refractivity contribution in [1.82, 2.24) is 4.90 Å². The van der Waals surface area contributed by atoms with Crippen molar-refractivity contribution >= 4 is 5.91 Å². The first-order valence-corrected chi connectivity index (χ1v) is 10.8. The Kier molecular flexibility index (Phi) is 7.58. The Balaban J connectivity index is 0.00000320. The first kappa shape index (κ1) is 24.6. The lowest BCUT2D eigenvalue weighted by Crippen LogP contribution is -3.00. The molecule has 1 fully saturated rings. The monoisotopic (exact) mass is 472 g/mol. The Morgan fingerprint density at radius 3 is 1.87 bits per heavy atom. The summed E-state index contributed by atoms with van der Waals surface area (Å²) in [6.45, 7) is 9.27. The van der Waals surface area contributed by atoms with Crippen molar-refractivity contribution in [3.05, 3.63) is 71.8 Å². The number of nitrogens with zero attached hydrogens (tertiary/aromatic N) is 2. The number of quaternary nitrogens is 1. The highest BCUT2D eigenvalue weighted by atomic mass is 79.9. The zero-order valence-electron chi connectivity index (χ0n) is 19.4. The zero-order chi connectivity index (χ0) is 21.3. The lowest BCUT2D eigenvalue weighted by Gasteiger charge is -2.45. The first-order chi connectivity index (χ1) is 13.6. The quantitative estimate of drug-likeness (QED) is 0.586. The highest BCUT2D eigenvalue weighted by Gasteiger charge is 2.51. The van der Waals surface area contributed by atoms with Gasteiger partial charge in [0.1, 0.15) is 5.41 Å². The maximum absolute atomic E-state index is 13.8. The topological polar surface area (TPSA) is 20.3 Å². The van der Waals surface area contributed by atoms with E-state index in [0.717, 1.165) is 28.6 Å². The third kappa shape index (κ3) is 4.36. The molecule has 0 radical (unpaired) electrons. The largest absolute Gasteiger partial charge is 1.00 e. The third-order valence-electron chi connectivity index (χ3n) is 7.31. The summed E-state index contributed by atoms with van der Waals surface area (Å²) in [4.78, 5) is 15.6. The molecule has 2 aromatic carbocycles. The van der Waals surface area contributed by atoms with Crippen LogP contribution in [0, 0.1) is 5.92 Å². The van der Waals surface area contributed by atoms with Gasteiger partial charge < -0.3 is 26.4 Å². The van der Waals surface area contributed by atoms with Crippen LogP contribution in [0.15, 0.2) is 60.7 Å². The Bertz CT molecular complexity index is 795. The Labute approximate surface area is 193 Å². The molecule has 0 aliphatic carbocycles. The second-order valence-corrected chi connectivity index (χ2v) is 10.0. The number of rotatable bonds is 6. The van der Waals surface area contributed by atoms with Gasteiger partial charge in [-0.05, 0) is 25.0 Å². The molecular formula is C26H37BrN2O. The normalized spacial score (nSPS) is 22.9. The van der Waals surface area contributed by atoms with Crippen LogP contribution in [-0.4, -0.2) is 55.1 Å². The van der Waals surface area contributed by atoms with E-state index in [1.807, 2.05) is 50.5 Å². The van der Waals surface area contributed by atoms with Crippen LogP contribution < -0.4 is 17.0 Å². The van der Waals surface area contributed by atoms with Crippen molar-refractivity contribution in [3.8, 4) is 0 Å². The first-order valence-electron chi connectivity index (χ1n) is 10.8. The van der Waals surface area contributed by atoms with Gasteiger partial charge in [-0.25, -0.2) is 0 Å². The minimum absolute atomic E-state index is 0. The Morgan fingerprint density at radius 2 is 1.50 bits per heavy atom. The molecule has 0 spiro atoms. The molecule has 30 heavy (non-hydrogen) atoms. The van der Waals surface area contributed by atoms with Crippen LogP contribution in [0.2, 0.25) is 0 Å². The molecule has 1 aliphatic rings.